The largest absolute Gasteiger partial charge is 0.465 e. The third kappa shape index (κ3) is 2.50. The molecule has 0 spiro atoms. The second-order valence-corrected chi connectivity index (χ2v) is 6.34. The molecule has 0 aliphatic heterocycles. The van der Waals surface area contributed by atoms with E-state index in [1.165, 1.54) is 18.9 Å². The fraction of sp³-hybridized carbons (Fsp3) is 0.263. The molecule has 0 saturated carbocycles. The summed E-state index contributed by atoms with van der Waals surface area (Å²) in [7, 11) is 1.32. The van der Waals surface area contributed by atoms with Crippen LogP contribution in [0.3, 0.4) is 0 Å². The van der Waals surface area contributed by atoms with E-state index in [2.05, 4.69) is 34.3 Å². The minimum absolute atomic E-state index is 0.0522. The number of hydrogen-bond acceptors (Lipinski definition) is 5. The smallest absolute Gasteiger partial charge is 0.343 e. The standard InChI is InChI=1S/C19H17N3O3/c1-11-3-5-12(6-4-11)13-7-16-14(17(23)8-13)9-20-18-15(19(24)25-2)10-21-22(16)18/h3-6,9-10,13H,7-8H2,1-2H3. The number of ketones is 1. The van der Waals surface area contributed by atoms with Gasteiger partial charge in [0.2, 0.25) is 0 Å². The quantitative estimate of drug-likeness (QED) is 0.673. The van der Waals surface area contributed by atoms with E-state index in [0.29, 0.717) is 29.6 Å². The normalized spacial score (nSPS) is 16.7. The van der Waals surface area contributed by atoms with E-state index in [4.69, 9.17) is 4.74 Å². The summed E-state index contributed by atoms with van der Waals surface area (Å²) in [5, 5.41) is 4.28. The molecule has 1 aliphatic carbocycles. The van der Waals surface area contributed by atoms with Gasteiger partial charge in [-0.2, -0.15) is 5.10 Å². The first-order valence-electron chi connectivity index (χ1n) is 8.12. The molecule has 1 unspecified atom stereocenters. The number of aryl methyl sites for hydroxylation is 1. The van der Waals surface area contributed by atoms with Gasteiger partial charge in [0.15, 0.2) is 11.4 Å². The van der Waals surface area contributed by atoms with Crippen molar-refractivity contribution in [3.05, 3.63) is 64.6 Å². The fourth-order valence-electron chi connectivity index (χ4n) is 3.37. The second-order valence-electron chi connectivity index (χ2n) is 6.34. The number of carbonyl (C=O) groups excluding carboxylic acids is 2. The lowest BCUT2D eigenvalue weighted by atomic mass is 9.82. The maximum Gasteiger partial charge on any atom is 0.343 e. The predicted octanol–water partition coefficient (Wildman–Crippen LogP) is 2.74. The van der Waals surface area contributed by atoms with E-state index in [-0.39, 0.29) is 11.7 Å². The number of rotatable bonds is 2. The van der Waals surface area contributed by atoms with Gasteiger partial charge in [0, 0.05) is 12.6 Å². The van der Waals surface area contributed by atoms with E-state index in [9.17, 15) is 9.59 Å². The lowest BCUT2D eigenvalue weighted by molar-refractivity contribution is 0.0602. The molecule has 2 aromatic heterocycles. The first-order valence-corrected chi connectivity index (χ1v) is 8.12. The second kappa shape index (κ2) is 5.81. The van der Waals surface area contributed by atoms with Crippen molar-refractivity contribution in [1.82, 2.24) is 14.6 Å². The number of carbonyl (C=O) groups is 2. The molecule has 0 radical (unpaired) electrons. The first kappa shape index (κ1) is 15.5. The molecule has 0 N–H and O–H groups in total. The molecule has 0 fully saturated rings. The summed E-state index contributed by atoms with van der Waals surface area (Å²) in [5.41, 5.74) is 4.41. The molecule has 4 rings (SSSR count). The first-order chi connectivity index (χ1) is 12.1. The zero-order chi connectivity index (χ0) is 17.6. The number of methoxy groups -OCH3 is 1. The summed E-state index contributed by atoms with van der Waals surface area (Å²) >= 11 is 0. The van der Waals surface area contributed by atoms with E-state index >= 15 is 0 Å². The monoisotopic (exact) mass is 335 g/mol. The van der Waals surface area contributed by atoms with Crippen LogP contribution in [0.2, 0.25) is 0 Å². The van der Waals surface area contributed by atoms with Crippen LogP contribution < -0.4 is 0 Å². The van der Waals surface area contributed by atoms with Gasteiger partial charge in [-0.1, -0.05) is 29.8 Å². The van der Waals surface area contributed by atoms with Crippen molar-refractivity contribution >= 4 is 17.4 Å². The van der Waals surface area contributed by atoms with Crippen molar-refractivity contribution in [2.75, 3.05) is 7.11 Å². The highest BCUT2D eigenvalue weighted by Gasteiger charge is 2.30. The van der Waals surface area contributed by atoms with Crippen LogP contribution in [0.4, 0.5) is 0 Å². The van der Waals surface area contributed by atoms with Crippen LogP contribution in [-0.2, 0) is 11.2 Å². The number of esters is 1. The number of Topliss-reactive ketones (excluding diaryl/α,β-unsaturated/α-hetero) is 1. The number of fused-ring (bicyclic) bond motifs is 3. The summed E-state index contributed by atoms with van der Waals surface area (Å²) in [5.74, 6) is -0.340. The SMILES string of the molecule is COC(=O)c1cnn2c3c(cnc12)C(=O)CC(c1ccc(C)cc1)C3. The Morgan fingerprint density at radius 3 is 2.68 bits per heavy atom. The highest BCUT2D eigenvalue weighted by molar-refractivity contribution is 6.00. The molecule has 1 aliphatic rings. The molecular weight excluding hydrogens is 318 g/mol. The van der Waals surface area contributed by atoms with Gasteiger partial charge in [-0.15, -0.1) is 0 Å². The third-order valence-corrected chi connectivity index (χ3v) is 4.75. The zero-order valence-corrected chi connectivity index (χ0v) is 14.0. The Morgan fingerprint density at radius 1 is 1.20 bits per heavy atom. The molecular formula is C19H17N3O3. The highest BCUT2D eigenvalue weighted by atomic mass is 16.5. The average Bonchev–Trinajstić information content (AvgIpc) is 3.06. The van der Waals surface area contributed by atoms with Crippen molar-refractivity contribution in [1.29, 1.82) is 0 Å². The molecule has 126 valence electrons. The molecule has 6 heteroatoms. The minimum Gasteiger partial charge on any atom is -0.465 e. The Kier molecular flexibility index (Phi) is 3.60. The van der Waals surface area contributed by atoms with Gasteiger partial charge in [-0.25, -0.2) is 14.3 Å². The molecule has 1 atom stereocenters. The van der Waals surface area contributed by atoms with Gasteiger partial charge in [0.05, 0.1) is 24.6 Å². The number of ether oxygens (including phenoxy) is 1. The number of nitrogens with zero attached hydrogens (tertiary/aromatic N) is 3. The molecule has 0 bridgehead atoms. The fourth-order valence-corrected chi connectivity index (χ4v) is 3.37. The Morgan fingerprint density at radius 2 is 1.96 bits per heavy atom. The molecule has 6 nitrogen and oxygen atoms in total. The average molecular weight is 335 g/mol. The van der Waals surface area contributed by atoms with Crippen LogP contribution in [0.15, 0.2) is 36.7 Å². The topological polar surface area (TPSA) is 73.6 Å². The van der Waals surface area contributed by atoms with Crippen LogP contribution in [0.25, 0.3) is 5.65 Å². The lowest BCUT2D eigenvalue weighted by Gasteiger charge is -2.24. The van der Waals surface area contributed by atoms with Gasteiger partial charge in [-0.05, 0) is 24.8 Å². The van der Waals surface area contributed by atoms with Gasteiger partial charge >= 0.3 is 5.97 Å². The predicted molar refractivity (Wildman–Crippen MR) is 90.9 cm³/mol. The Bertz CT molecular complexity index is 989. The van der Waals surface area contributed by atoms with E-state index in [1.54, 1.807) is 10.7 Å². The van der Waals surface area contributed by atoms with Gasteiger partial charge in [-0.3, -0.25) is 4.79 Å². The maximum absolute atomic E-state index is 12.6. The number of benzene rings is 1. The van der Waals surface area contributed by atoms with Crippen molar-refractivity contribution < 1.29 is 14.3 Å². The summed E-state index contributed by atoms with van der Waals surface area (Å²) < 4.78 is 6.37. The van der Waals surface area contributed by atoms with Crippen LogP contribution in [-0.4, -0.2) is 33.5 Å². The molecule has 3 aromatic rings. The summed E-state index contributed by atoms with van der Waals surface area (Å²) in [6, 6.07) is 8.25. The van der Waals surface area contributed by atoms with E-state index < -0.39 is 5.97 Å². The summed E-state index contributed by atoms with van der Waals surface area (Å²) in [6.45, 7) is 2.04. The van der Waals surface area contributed by atoms with Crippen molar-refractivity contribution in [2.45, 2.75) is 25.7 Å². The maximum atomic E-state index is 12.6. The van der Waals surface area contributed by atoms with E-state index in [1.807, 2.05) is 6.92 Å². The molecule has 2 heterocycles. The van der Waals surface area contributed by atoms with Crippen LogP contribution in [0, 0.1) is 6.92 Å². The minimum atomic E-state index is -0.486. The highest BCUT2D eigenvalue weighted by Crippen LogP contribution is 2.33. The Balaban J connectivity index is 1.81. The lowest BCUT2D eigenvalue weighted by Crippen LogP contribution is -2.22. The molecule has 0 amide bonds. The third-order valence-electron chi connectivity index (χ3n) is 4.75. The Labute approximate surface area is 144 Å². The number of hydrogen-bond donors (Lipinski definition) is 0. The zero-order valence-electron chi connectivity index (χ0n) is 14.0. The Hall–Kier alpha value is -3.02. The summed E-state index contributed by atoms with van der Waals surface area (Å²) in [4.78, 5) is 28.7. The molecule has 1 aromatic carbocycles. The molecule has 0 saturated heterocycles. The van der Waals surface area contributed by atoms with Crippen LogP contribution >= 0.6 is 0 Å². The summed E-state index contributed by atoms with van der Waals surface area (Å²) in [6.07, 6.45) is 4.11. The van der Waals surface area contributed by atoms with E-state index in [0.717, 1.165) is 11.3 Å². The molecule has 25 heavy (non-hydrogen) atoms. The van der Waals surface area contributed by atoms with Crippen molar-refractivity contribution in [3.8, 4) is 0 Å². The van der Waals surface area contributed by atoms with Crippen molar-refractivity contribution in [2.24, 2.45) is 0 Å². The van der Waals surface area contributed by atoms with Gasteiger partial charge in [0.1, 0.15) is 5.56 Å². The number of aromatic nitrogens is 3. The van der Waals surface area contributed by atoms with Crippen LogP contribution in [0.1, 0.15) is 49.9 Å². The van der Waals surface area contributed by atoms with Gasteiger partial charge < -0.3 is 4.74 Å². The van der Waals surface area contributed by atoms with Crippen molar-refractivity contribution in [3.63, 3.8) is 0 Å². The van der Waals surface area contributed by atoms with Crippen LogP contribution in [0.5, 0.6) is 0 Å². The van der Waals surface area contributed by atoms with Gasteiger partial charge in [0.25, 0.3) is 0 Å².